The van der Waals surface area contributed by atoms with Crippen molar-refractivity contribution in [1.82, 2.24) is 16.1 Å². The lowest BCUT2D eigenvalue weighted by Gasteiger charge is -2.21. The number of rotatable bonds is 12. The Morgan fingerprint density at radius 2 is 1.73 bits per heavy atom. The highest BCUT2D eigenvalue weighted by molar-refractivity contribution is 5.91. The molecule has 7 N–H and O–H groups in total. The number of benzene rings is 1. The number of nitrogens with one attached hydrogen (secondary N) is 3. The molecule has 26 heavy (non-hydrogen) atoms. The van der Waals surface area contributed by atoms with Gasteiger partial charge in [0.15, 0.2) is 0 Å². The number of carboxylic acids is 1. The third kappa shape index (κ3) is 8.06. The van der Waals surface area contributed by atoms with Gasteiger partial charge in [0.05, 0.1) is 6.54 Å². The molecule has 9 heteroatoms. The molecule has 0 bridgehead atoms. The molecule has 2 amide bonds. The molecule has 0 fully saturated rings. The number of carboxylic acid groups (broad SMARTS) is 1. The predicted octanol–water partition coefficient (Wildman–Crippen LogP) is -0.609. The third-order valence-corrected chi connectivity index (χ3v) is 3.74. The Morgan fingerprint density at radius 3 is 2.31 bits per heavy atom. The van der Waals surface area contributed by atoms with Crippen LogP contribution in [0.3, 0.4) is 0 Å². The van der Waals surface area contributed by atoms with Gasteiger partial charge in [0, 0.05) is 6.42 Å². The maximum atomic E-state index is 12.5. The van der Waals surface area contributed by atoms with Crippen LogP contribution in [0.1, 0.15) is 24.8 Å². The molecule has 0 aromatic heterocycles. The van der Waals surface area contributed by atoms with Gasteiger partial charge < -0.3 is 26.7 Å². The summed E-state index contributed by atoms with van der Waals surface area (Å²) in [7, 11) is 0. The molecule has 1 aromatic rings. The average molecular weight is 366 g/mol. The van der Waals surface area contributed by atoms with Crippen molar-refractivity contribution >= 4 is 17.8 Å². The average Bonchev–Trinajstić information content (AvgIpc) is 2.61. The van der Waals surface area contributed by atoms with Crippen LogP contribution in [0.25, 0.3) is 0 Å². The second-order valence-corrected chi connectivity index (χ2v) is 5.83. The molecule has 0 aliphatic rings. The SMILES string of the molecule is NCCCC[C@H](NC(=O)[C@H](Cc1ccccc1)NC(=O)CNO)C(=O)O. The molecular formula is C17H26N4O5. The summed E-state index contributed by atoms with van der Waals surface area (Å²) in [6.45, 7) is 0.0680. The fourth-order valence-electron chi connectivity index (χ4n) is 2.40. The third-order valence-electron chi connectivity index (χ3n) is 3.74. The van der Waals surface area contributed by atoms with Crippen LogP contribution in [-0.4, -0.2) is 53.3 Å². The molecular weight excluding hydrogens is 340 g/mol. The van der Waals surface area contributed by atoms with Gasteiger partial charge in [-0.1, -0.05) is 30.3 Å². The molecule has 0 aliphatic carbocycles. The first-order chi connectivity index (χ1) is 12.5. The maximum absolute atomic E-state index is 12.5. The first kappa shape index (κ1) is 21.6. The van der Waals surface area contributed by atoms with Gasteiger partial charge in [-0.3, -0.25) is 9.59 Å². The van der Waals surface area contributed by atoms with Crippen molar-refractivity contribution in [2.45, 2.75) is 37.8 Å². The van der Waals surface area contributed by atoms with E-state index in [9.17, 15) is 19.5 Å². The monoisotopic (exact) mass is 366 g/mol. The van der Waals surface area contributed by atoms with Gasteiger partial charge in [-0.25, -0.2) is 4.79 Å². The van der Waals surface area contributed by atoms with E-state index in [1.807, 2.05) is 6.07 Å². The number of aliphatic carboxylic acids is 1. The van der Waals surface area contributed by atoms with Gasteiger partial charge in [0.1, 0.15) is 12.1 Å². The van der Waals surface area contributed by atoms with Gasteiger partial charge in [0.2, 0.25) is 11.8 Å². The van der Waals surface area contributed by atoms with Gasteiger partial charge >= 0.3 is 5.97 Å². The summed E-state index contributed by atoms with van der Waals surface area (Å²) in [4.78, 5) is 35.6. The van der Waals surface area contributed by atoms with Crippen molar-refractivity contribution in [3.05, 3.63) is 35.9 Å². The standard InChI is InChI=1S/C17H26N4O5/c18-9-5-4-8-13(17(24)25)21-16(23)14(20-15(22)11-19-26)10-12-6-2-1-3-7-12/h1-3,6-7,13-14,19,26H,4-5,8-11,18H2,(H,20,22)(H,21,23)(H,24,25)/t13-,14-/m0/s1. The van der Waals surface area contributed by atoms with Crippen LogP contribution in [-0.2, 0) is 20.8 Å². The predicted molar refractivity (Wildman–Crippen MR) is 94.3 cm³/mol. The van der Waals surface area contributed by atoms with E-state index in [0.29, 0.717) is 19.4 Å². The molecule has 144 valence electrons. The zero-order chi connectivity index (χ0) is 19.4. The van der Waals surface area contributed by atoms with Gasteiger partial charge in [-0.2, -0.15) is 5.48 Å². The molecule has 0 radical (unpaired) electrons. The summed E-state index contributed by atoms with van der Waals surface area (Å²) in [6, 6.07) is 7.00. The molecule has 1 aromatic carbocycles. The Hall–Kier alpha value is -2.49. The lowest BCUT2D eigenvalue weighted by Crippen LogP contribution is -2.53. The van der Waals surface area contributed by atoms with Gasteiger partial charge in [-0.05, 0) is 31.4 Å². The smallest absolute Gasteiger partial charge is 0.326 e. The Kier molecular flexibility index (Phi) is 9.91. The topological polar surface area (TPSA) is 154 Å². The van der Waals surface area contributed by atoms with Crippen LogP contribution in [0.5, 0.6) is 0 Å². The number of hydroxylamine groups is 1. The quantitative estimate of drug-likeness (QED) is 0.213. The number of nitrogens with two attached hydrogens (primary N) is 1. The molecule has 1 rings (SSSR count). The van der Waals surface area contributed by atoms with E-state index in [4.69, 9.17) is 10.9 Å². The summed E-state index contributed by atoms with van der Waals surface area (Å²) >= 11 is 0. The Balaban J connectivity index is 2.80. The molecule has 0 saturated heterocycles. The largest absolute Gasteiger partial charge is 0.480 e. The van der Waals surface area contributed by atoms with Gasteiger partial charge in [-0.15, -0.1) is 0 Å². The highest BCUT2D eigenvalue weighted by Gasteiger charge is 2.26. The Labute approximate surface area is 151 Å². The minimum Gasteiger partial charge on any atom is -0.480 e. The van der Waals surface area contributed by atoms with Crippen molar-refractivity contribution in [3.63, 3.8) is 0 Å². The van der Waals surface area contributed by atoms with Crippen LogP contribution < -0.4 is 21.8 Å². The minimum atomic E-state index is -1.14. The van der Waals surface area contributed by atoms with Crippen molar-refractivity contribution < 1.29 is 24.7 Å². The number of carbonyl (C=O) groups is 3. The van der Waals surface area contributed by atoms with Crippen LogP contribution in [0.2, 0.25) is 0 Å². The minimum absolute atomic E-state index is 0.193. The zero-order valence-electron chi connectivity index (χ0n) is 14.5. The van der Waals surface area contributed by atoms with Crippen molar-refractivity contribution in [2.24, 2.45) is 5.73 Å². The number of amides is 2. The lowest BCUT2D eigenvalue weighted by atomic mass is 10.0. The van der Waals surface area contributed by atoms with E-state index in [2.05, 4.69) is 10.6 Å². The molecule has 0 heterocycles. The normalized spacial score (nSPS) is 12.8. The van der Waals surface area contributed by atoms with Gasteiger partial charge in [0.25, 0.3) is 0 Å². The number of carbonyl (C=O) groups excluding carboxylic acids is 2. The number of unbranched alkanes of at least 4 members (excludes halogenated alkanes) is 1. The molecule has 2 atom stereocenters. The van der Waals surface area contributed by atoms with E-state index < -0.39 is 29.9 Å². The van der Waals surface area contributed by atoms with Crippen molar-refractivity contribution in [1.29, 1.82) is 0 Å². The van der Waals surface area contributed by atoms with Crippen LogP contribution in [0, 0.1) is 0 Å². The fraction of sp³-hybridized carbons (Fsp3) is 0.471. The first-order valence-electron chi connectivity index (χ1n) is 8.41. The van der Waals surface area contributed by atoms with E-state index in [0.717, 1.165) is 5.56 Å². The van der Waals surface area contributed by atoms with Crippen molar-refractivity contribution in [3.8, 4) is 0 Å². The summed E-state index contributed by atoms with van der Waals surface area (Å²) < 4.78 is 0. The first-order valence-corrected chi connectivity index (χ1v) is 8.41. The van der Waals surface area contributed by atoms with E-state index in [1.54, 1.807) is 29.7 Å². The molecule has 0 aliphatic heterocycles. The molecule has 9 nitrogen and oxygen atoms in total. The highest BCUT2D eigenvalue weighted by atomic mass is 16.5. The molecule has 0 saturated carbocycles. The highest BCUT2D eigenvalue weighted by Crippen LogP contribution is 2.06. The van der Waals surface area contributed by atoms with E-state index in [1.165, 1.54) is 0 Å². The second-order valence-electron chi connectivity index (χ2n) is 5.83. The summed E-state index contributed by atoms with van der Waals surface area (Å²) in [6.07, 6.45) is 1.67. The maximum Gasteiger partial charge on any atom is 0.326 e. The second kappa shape index (κ2) is 12.0. The number of hydrogen-bond donors (Lipinski definition) is 6. The van der Waals surface area contributed by atoms with Crippen LogP contribution in [0.4, 0.5) is 0 Å². The molecule has 0 spiro atoms. The lowest BCUT2D eigenvalue weighted by molar-refractivity contribution is -0.142. The Morgan fingerprint density at radius 1 is 1.04 bits per heavy atom. The fourth-order valence-corrected chi connectivity index (χ4v) is 2.40. The summed E-state index contributed by atoms with van der Waals surface area (Å²) in [5, 5.41) is 22.9. The Bertz CT molecular complexity index is 582. The zero-order valence-corrected chi connectivity index (χ0v) is 14.5. The summed E-state index contributed by atoms with van der Waals surface area (Å²) in [5.41, 5.74) is 7.93. The molecule has 0 unspecified atom stereocenters. The van der Waals surface area contributed by atoms with Crippen LogP contribution in [0.15, 0.2) is 30.3 Å². The number of hydrogen-bond acceptors (Lipinski definition) is 6. The van der Waals surface area contributed by atoms with Crippen LogP contribution >= 0.6 is 0 Å². The van der Waals surface area contributed by atoms with Crippen molar-refractivity contribution in [2.75, 3.05) is 13.1 Å². The summed E-state index contributed by atoms with van der Waals surface area (Å²) in [5.74, 6) is -2.32. The van der Waals surface area contributed by atoms with E-state index in [-0.39, 0.29) is 19.4 Å². The van der Waals surface area contributed by atoms with E-state index >= 15 is 0 Å².